The third kappa shape index (κ3) is 4.00. The highest BCUT2D eigenvalue weighted by atomic mass is 16.5. The fourth-order valence-electron chi connectivity index (χ4n) is 4.07. The number of nitrogens with zero attached hydrogens (tertiary/aromatic N) is 5. The molecule has 27 heavy (non-hydrogen) atoms. The van der Waals surface area contributed by atoms with Gasteiger partial charge in [0.15, 0.2) is 0 Å². The molecule has 4 rings (SSSR count). The minimum Gasteiger partial charge on any atom is -0.388 e. The Morgan fingerprint density at radius 3 is 2.56 bits per heavy atom. The molecule has 0 bridgehead atoms. The summed E-state index contributed by atoms with van der Waals surface area (Å²) in [6, 6.07) is 6.43. The number of piperazine rings is 1. The summed E-state index contributed by atoms with van der Waals surface area (Å²) < 4.78 is 5.39. The number of rotatable bonds is 4. The topological polar surface area (TPSA) is 65.0 Å². The summed E-state index contributed by atoms with van der Waals surface area (Å²) in [6.45, 7) is 5.94. The highest BCUT2D eigenvalue weighted by Gasteiger charge is 2.33. The van der Waals surface area contributed by atoms with Gasteiger partial charge in [-0.05, 0) is 18.2 Å². The second-order valence-electron chi connectivity index (χ2n) is 7.89. The molecule has 7 nitrogen and oxygen atoms in total. The van der Waals surface area contributed by atoms with Gasteiger partial charge in [0.25, 0.3) is 0 Å². The zero-order valence-corrected chi connectivity index (χ0v) is 16.3. The van der Waals surface area contributed by atoms with Crippen LogP contribution in [0.4, 0.5) is 11.5 Å². The average Bonchev–Trinajstić information content (AvgIpc) is 2.68. The van der Waals surface area contributed by atoms with Crippen LogP contribution in [0.15, 0.2) is 24.5 Å². The van der Waals surface area contributed by atoms with Gasteiger partial charge in [-0.25, -0.2) is 9.97 Å². The van der Waals surface area contributed by atoms with Crippen LogP contribution >= 0.6 is 0 Å². The molecule has 7 heteroatoms. The number of aromatic nitrogens is 2. The van der Waals surface area contributed by atoms with E-state index in [4.69, 9.17) is 4.74 Å². The molecular weight excluding hydrogens is 342 g/mol. The van der Waals surface area contributed by atoms with Crippen LogP contribution in [0.2, 0.25) is 0 Å². The molecule has 2 fully saturated rings. The number of hydrogen-bond donors (Lipinski definition) is 1. The molecule has 1 N–H and O–H groups in total. The Morgan fingerprint density at radius 1 is 1.11 bits per heavy atom. The molecule has 2 aliphatic heterocycles. The quantitative estimate of drug-likeness (QED) is 0.870. The lowest BCUT2D eigenvalue weighted by Crippen LogP contribution is -2.53. The van der Waals surface area contributed by atoms with Crippen molar-refractivity contribution in [2.24, 2.45) is 0 Å². The van der Waals surface area contributed by atoms with Gasteiger partial charge in [-0.15, -0.1) is 0 Å². The Labute approximate surface area is 160 Å². The van der Waals surface area contributed by atoms with E-state index in [9.17, 15) is 5.11 Å². The smallest absolute Gasteiger partial charge is 0.139 e. The molecule has 0 radical (unpaired) electrons. The molecule has 0 amide bonds. The Hall–Kier alpha value is -1.96. The van der Waals surface area contributed by atoms with Crippen LogP contribution in [-0.4, -0.2) is 85.6 Å². The predicted molar refractivity (Wildman–Crippen MR) is 108 cm³/mol. The first-order valence-electron chi connectivity index (χ1n) is 9.74. The SMILES string of the molecule is CN(C)c1ncnc2ccc(N3CCN(CC4(O)CCOCC4)CC3)cc12. The van der Waals surface area contributed by atoms with Crippen LogP contribution < -0.4 is 9.80 Å². The van der Waals surface area contributed by atoms with Gasteiger partial charge < -0.3 is 19.6 Å². The monoisotopic (exact) mass is 371 g/mol. The molecule has 0 spiro atoms. The van der Waals surface area contributed by atoms with E-state index in [0.717, 1.165) is 62.3 Å². The molecule has 0 atom stereocenters. The summed E-state index contributed by atoms with van der Waals surface area (Å²) in [6.07, 6.45) is 3.10. The van der Waals surface area contributed by atoms with E-state index in [0.29, 0.717) is 13.2 Å². The van der Waals surface area contributed by atoms with E-state index in [1.165, 1.54) is 5.69 Å². The van der Waals surface area contributed by atoms with Crippen LogP contribution in [0.3, 0.4) is 0 Å². The van der Waals surface area contributed by atoms with Gasteiger partial charge in [0.2, 0.25) is 0 Å². The number of fused-ring (bicyclic) bond motifs is 1. The van der Waals surface area contributed by atoms with E-state index < -0.39 is 5.60 Å². The first kappa shape index (κ1) is 18.4. The minimum atomic E-state index is -0.582. The molecule has 0 unspecified atom stereocenters. The molecular formula is C20H29N5O2. The molecule has 1 aromatic carbocycles. The van der Waals surface area contributed by atoms with Crippen molar-refractivity contribution >= 4 is 22.4 Å². The summed E-state index contributed by atoms with van der Waals surface area (Å²) >= 11 is 0. The van der Waals surface area contributed by atoms with E-state index in [2.05, 4.69) is 38.0 Å². The maximum absolute atomic E-state index is 10.8. The lowest BCUT2D eigenvalue weighted by atomic mass is 9.93. The third-order valence-corrected chi connectivity index (χ3v) is 5.70. The van der Waals surface area contributed by atoms with Crippen LogP contribution in [0.5, 0.6) is 0 Å². The first-order valence-corrected chi connectivity index (χ1v) is 9.74. The second-order valence-corrected chi connectivity index (χ2v) is 7.89. The summed E-state index contributed by atoms with van der Waals surface area (Å²) in [4.78, 5) is 15.6. The fraction of sp³-hybridized carbons (Fsp3) is 0.600. The number of anilines is 2. The highest BCUT2D eigenvalue weighted by Crippen LogP contribution is 2.28. The van der Waals surface area contributed by atoms with Gasteiger partial charge in [-0.3, -0.25) is 4.90 Å². The highest BCUT2D eigenvalue weighted by molar-refractivity contribution is 5.91. The van der Waals surface area contributed by atoms with Crippen molar-refractivity contribution < 1.29 is 9.84 Å². The van der Waals surface area contributed by atoms with Gasteiger partial charge in [0, 0.05) is 83.9 Å². The van der Waals surface area contributed by atoms with E-state index in [-0.39, 0.29) is 0 Å². The summed E-state index contributed by atoms with van der Waals surface area (Å²) in [7, 11) is 4.02. The van der Waals surface area contributed by atoms with Gasteiger partial charge in [0.1, 0.15) is 12.1 Å². The summed E-state index contributed by atoms with van der Waals surface area (Å²) in [5.74, 6) is 0.947. The van der Waals surface area contributed by atoms with Gasteiger partial charge in [0.05, 0.1) is 11.1 Å². The molecule has 2 saturated heterocycles. The van der Waals surface area contributed by atoms with Gasteiger partial charge >= 0.3 is 0 Å². The first-order chi connectivity index (χ1) is 13.0. The largest absolute Gasteiger partial charge is 0.388 e. The van der Waals surface area contributed by atoms with Crippen LogP contribution in [0.1, 0.15) is 12.8 Å². The lowest BCUT2D eigenvalue weighted by Gasteiger charge is -2.41. The summed E-state index contributed by atoms with van der Waals surface area (Å²) in [5, 5.41) is 11.8. The maximum atomic E-state index is 10.8. The van der Waals surface area contributed by atoms with Crippen molar-refractivity contribution in [1.29, 1.82) is 0 Å². The van der Waals surface area contributed by atoms with Crippen molar-refractivity contribution in [1.82, 2.24) is 14.9 Å². The van der Waals surface area contributed by atoms with Crippen LogP contribution in [-0.2, 0) is 4.74 Å². The predicted octanol–water partition coefficient (Wildman–Crippen LogP) is 1.36. The van der Waals surface area contributed by atoms with Crippen molar-refractivity contribution in [2.45, 2.75) is 18.4 Å². The van der Waals surface area contributed by atoms with Crippen molar-refractivity contribution in [2.75, 3.05) is 69.8 Å². The van der Waals surface area contributed by atoms with Crippen molar-refractivity contribution in [3.05, 3.63) is 24.5 Å². The normalized spacial score (nSPS) is 20.8. The van der Waals surface area contributed by atoms with Crippen LogP contribution in [0, 0.1) is 0 Å². The van der Waals surface area contributed by atoms with Crippen molar-refractivity contribution in [3.8, 4) is 0 Å². The molecule has 3 heterocycles. The van der Waals surface area contributed by atoms with E-state index in [1.54, 1.807) is 6.33 Å². The van der Waals surface area contributed by atoms with E-state index in [1.807, 2.05) is 19.0 Å². The average molecular weight is 371 g/mol. The van der Waals surface area contributed by atoms with Crippen molar-refractivity contribution in [3.63, 3.8) is 0 Å². The zero-order chi connectivity index (χ0) is 18.9. The Morgan fingerprint density at radius 2 is 1.85 bits per heavy atom. The second kappa shape index (κ2) is 7.58. The number of β-amino-alcohol motifs (C(OH)–C–C–N with tert-alkyl or cyclic N) is 1. The Kier molecular flexibility index (Phi) is 5.16. The number of aliphatic hydroxyl groups is 1. The number of hydrogen-bond acceptors (Lipinski definition) is 7. The Balaban J connectivity index is 1.44. The molecule has 2 aliphatic rings. The minimum absolute atomic E-state index is 0.582. The zero-order valence-electron chi connectivity index (χ0n) is 16.3. The van der Waals surface area contributed by atoms with E-state index >= 15 is 0 Å². The van der Waals surface area contributed by atoms with Gasteiger partial charge in [-0.1, -0.05) is 0 Å². The van der Waals surface area contributed by atoms with Gasteiger partial charge in [-0.2, -0.15) is 0 Å². The summed E-state index contributed by atoms with van der Waals surface area (Å²) in [5.41, 5.74) is 1.60. The lowest BCUT2D eigenvalue weighted by molar-refractivity contribution is -0.0802. The fourth-order valence-corrected chi connectivity index (χ4v) is 4.07. The molecule has 2 aromatic rings. The molecule has 146 valence electrons. The number of ether oxygens (including phenoxy) is 1. The molecule has 1 aromatic heterocycles. The Bertz CT molecular complexity index is 783. The standard InChI is InChI=1S/C20H29N5O2/c1-23(2)19-17-13-16(3-4-18(17)21-15-22-19)25-9-7-24(8-10-25)14-20(26)5-11-27-12-6-20/h3-4,13,15,26H,5-12,14H2,1-2H3. The molecule has 0 saturated carbocycles. The molecule has 0 aliphatic carbocycles. The third-order valence-electron chi connectivity index (χ3n) is 5.70. The number of benzene rings is 1. The maximum Gasteiger partial charge on any atom is 0.139 e. The van der Waals surface area contributed by atoms with Crippen LogP contribution in [0.25, 0.3) is 10.9 Å².